The van der Waals surface area contributed by atoms with Crippen LogP contribution in [0.25, 0.3) is 11.3 Å². The summed E-state index contributed by atoms with van der Waals surface area (Å²) in [4.78, 5) is 2.46. The summed E-state index contributed by atoms with van der Waals surface area (Å²) in [5, 5.41) is 0. The Hall–Kier alpha value is -2.82. The molecule has 4 aliphatic rings. The van der Waals surface area contributed by atoms with Gasteiger partial charge in [-0.15, -0.1) is 0 Å². The van der Waals surface area contributed by atoms with Crippen molar-refractivity contribution >= 4 is 11.3 Å². The maximum absolute atomic E-state index is 5.61. The van der Waals surface area contributed by atoms with Crippen molar-refractivity contribution in [1.82, 2.24) is 4.90 Å². The maximum atomic E-state index is 5.61. The number of benzene rings is 2. The molecular weight excluding hydrogens is 318 g/mol. The van der Waals surface area contributed by atoms with Crippen molar-refractivity contribution in [3.63, 3.8) is 0 Å². The number of hydrogen-bond donors (Lipinski definition) is 0. The van der Waals surface area contributed by atoms with Crippen molar-refractivity contribution in [3.8, 4) is 23.0 Å². The van der Waals surface area contributed by atoms with Crippen LogP contribution in [0, 0.1) is 0 Å². The SMILES string of the molecule is CC1=C2c3cc4c(cc3CCN2Cc2cc3c(cc21)OCO3)OCO4. The van der Waals surface area contributed by atoms with Crippen LogP contribution >= 0.6 is 0 Å². The molecule has 0 unspecified atom stereocenters. The first-order chi connectivity index (χ1) is 12.3. The highest BCUT2D eigenvalue weighted by molar-refractivity contribution is 5.94. The molecule has 5 heteroatoms. The van der Waals surface area contributed by atoms with Crippen molar-refractivity contribution < 1.29 is 18.9 Å². The highest BCUT2D eigenvalue weighted by atomic mass is 16.7. The zero-order chi connectivity index (χ0) is 16.5. The standard InChI is InChI=1S/C20H17NO4/c1-11-14-6-18-17(23-10-24-18)5-13(14)8-21-3-2-12-4-16-19(25-9-22-16)7-15(12)20(11)21/h4-7H,2-3,8-10H2,1H3. The molecule has 0 saturated heterocycles. The van der Waals surface area contributed by atoms with Crippen LogP contribution in [0.15, 0.2) is 24.3 Å². The third-order valence-electron chi connectivity index (χ3n) is 5.54. The summed E-state index contributed by atoms with van der Waals surface area (Å²) in [6.07, 6.45) is 1.02. The Balaban J connectivity index is 1.57. The van der Waals surface area contributed by atoms with E-state index in [-0.39, 0.29) is 0 Å². The van der Waals surface area contributed by atoms with Gasteiger partial charge in [0.1, 0.15) is 0 Å². The van der Waals surface area contributed by atoms with Crippen LogP contribution in [0.4, 0.5) is 0 Å². The van der Waals surface area contributed by atoms with E-state index in [0.717, 1.165) is 42.5 Å². The van der Waals surface area contributed by atoms with Crippen molar-refractivity contribution in [3.05, 3.63) is 46.5 Å². The Morgan fingerprint density at radius 3 is 2.08 bits per heavy atom. The molecule has 4 heterocycles. The molecular formula is C20H17NO4. The lowest BCUT2D eigenvalue weighted by Crippen LogP contribution is -2.32. The van der Waals surface area contributed by atoms with E-state index >= 15 is 0 Å². The van der Waals surface area contributed by atoms with E-state index < -0.39 is 0 Å². The normalized spacial score (nSPS) is 18.8. The highest BCUT2D eigenvalue weighted by Crippen LogP contribution is 2.47. The molecule has 5 nitrogen and oxygen atoms in total. The van der Waals surface area contributed by atoms with Gasteiger partial charge >= 0.3 is 0 Å². The third-order valence-corrected chi connectivity index (χ3v) is 5.54. The van der Waals surface area contributed by atoms with Crippen LogP contribution in [0.2, 0.25) is 0 Å². The number of fused-ring (bicyclic) bond motifs is 6. The summed E-state index contributed by atoms with van der Waals surface area (Å²) in [7, 11) is 0. The van der Waals surface area contributed by atoms with E-state index in [2.05, 4.69) is 36.1 Å². The number of allylic oxidation sites excluding steroid dienone is 1. The summed E-state index contributed by atoms with van der Waals surface area (Å²) in [5.74, 6) is 3.41. The Bertz CT molecular complexity index is 963. The highest BCUT2D eigenvalue weighted by Gasteiger charge is 2.32. The monoisotopic (exact) mass is 335 g/mol. The summed E-state index contributed by atoms with van der Waals surface area (Å²) in [5.41, 5.74) is 7.72. The number of rotatable bonds is 0. The zero-order valence-electron chi connectivity index (χ0n) is 13.9. The summed E-state index contributed by atoms with van der Waals surface area (Å²) in [6, 6.07) is 8.54. The minimum Gasteiger partial charge on any atom is -0.454 e. The van der Waals surface area contributed by atoms with Crippen LogP contribution in [-0.4, -0.2) is 25.0 Å². The van der Waals surface area contributed by atoms with E-state index in [0.29, 0.717) is 13.6 Å². The fourth-order valence-corrected chi connectivity index (χ4v) is 4.34. The van der Waals surface area contributed by atoms with E-state index in [1.807, 2.05) is 0 Å². The van der Waals surface area contributed by atoms with Crippen molar-refractivity contribution in [2.24, 2.45) is 0 Å². The van der Waals surface area contributed by atoms with E-state index in [4.69, 9.17) is 18.9 Å². The predicted octanol–water partition coefficient (Wildman–Crippen LogP) is 3.40. The fraction of sp³-hybridized carbons (Fsp3) is 0.300. The molecule has 4 aliphatic heterocycles. The molecule has 2 aromatic rings. The summed E-state index contributed by atoms with van der Waals surface area (Å²) >= 11 is 0. The molecule has 0 bridgehead atoms. The molecule has 0 saturated carbocycles. The largest absolute Gasteiger partial charge is 0.454 e. The summed E-state index contributed by atoms with van der Waals surface area (Å²) in [6.45, 7) is 4.72. The average Bonchev–Trinajstić information content (AvgIpc) is 3.26. The van der Waals surface area contributed by atoms with Gasteiger partial charge in [-0.05, 0) is 59.9 Å². The maximum Gasteiger partial charge on any atom is 0.231 e. The van der Waals surface area contributed by atoms with Crippen molar-refractivity contribution in [1.29, 1.82) is 0 Å². The Labute approximate surface area is 145 Å². The first-order valence-corrected chi connectivity index (χ1v) is 8.59. The molecule has 6 rings (SSSR count). The van der Waals surface area contributed by atoms with Crippen molar-refractivity contribution in [2.75, 3.05) is 20.1 Å². The first-order valence-electron chi connectivity index (χ1n) is 8.59. The molecule has 25 heavy (non-hydrogen) atoms. The number of ether oxygens (including phenoxy) is 4. The lowest BCUT2D eigenvalue weighted by Gasteiger charge is -2.39. The predicted molar refractivity (Wildman–Crippen MR) is 91.7 cm³/mol. The lowest BCUT2D eigenvalue weighted by atomic mass is 9.86. The van der Waals surface area contributed by atoms with E-state index in [1.165, 1.54) is 33.5 Å². The molecule has 0 aliphatic carbocycles. The van der Waals surface area contributed by atoms with Crippen LogP contribution in [0.5, 0.6) is 23.0 Å². The van der Waals surface area contributed by atoms with Gasteiger partial charge in [0.05, 0.1) is 0 Å². The second kappa shape index (κ2) is 4.63. The van der Waals surface area contributed by atoms with E-state index in [9.17, 15) is 0 Å². The van der Waals surface area contributed by atoms with Crippen LogP contribution in [-0.2, 0) is 13.0 Å². The number of nitrogens with zero attached hydrogens (tertiary/aromatic N) is 1. The van der Waals surface area contributed by atoms with Gasteiger partial charge in [0.25, 0.3) is 0 Å². The summed E-state index contributed by atoms with van der Waals surface area (Å²) < 4.78 is 22.3. The average molecular weight is 335 g/mol. The fourth-order valence-electron chi connectivity index (χ4n) is 4.34. The van der Waals surface area contributed by atoms with Crippen LogP contribution in [0.3, 0.4) is 0 Å². The van der Waals surface area contributed by atoms with Gasteiger partial charge in [0.15, 0.2) is 23.0 Å². The molecule has 0 aromatic heterocycles. The van der Waals surface area contributed by atoms with Crippen LogP contribution in [0.1, 0.15) is 29.2 Å². The van der Waals surface area contributed by atoms with E-state index in [1.54, 1.807) is 0 Å². The minimum absolute atomic E-state index is 0.309. The second-order valence-corrected chi connectivity index (χ2v) is 6.87. The van der Waals surface area contributed by atoms with Gasteiger partial charge in [-0.3, -0.25) is 0 Å². The van der Waals surface area contributed by atoms with Crippen LogP contribution < -0.4 is 18.9 Å². The Morgan fingerprint density at radius 1 is 0.760 bits per heavy atom. The molecule has 126 valence electrons. The Morgan fingerprint density at radius 2 is 1.36 bits per heavy atom. The smallest absolute Gasteiger partial charge is 0.231 e. The quantitative estimate of drug-likeness (QED) is 0.738. The molecule has 0 fully saturated rings. The van der Waals surface area contributed by atoms with Gasteiger partial charge in [-0.25, -0.2) is 0 Å². The van der Waals surface area contributed by atoms with Gasteiger partial charge < -0.3 is 23.8 Å². The van der Waals surface area contributed by atoms with Gasteiger partial charge in [-0.2, -0.15) is 0 Å². The lowest BCUT2D eigenvalue weighted by molar-refractivity contribution is 0.173. The molecule has 0 N–H and O–H groups in total. The Kier molecular flexibility index (Phi) is 2.49. The van der Waals surface area contributed by atoms with Crippen molar-refractivity contribution in [2.45, 2.75) is 19.9 Å². The molecule has 0 atom stereocenters. The molecule has 0 amide bonds. The van der Waals surface area contributed by atoms with Gasteiger partial charge in [0.2, 0.25) is 13.6 Å². The molecule has 2 aromatic carbocycles. The molecule has 0 spiro atoms. The second-order valence-electron chi connectivity index (χ2n) is 6.87. The number of hydrogen-bond acceptors (Lipinski definition) is 5. The first kappa shape index (κ1) is 13.5. The zero-order valence-corrected chi connectivity index (χ0v) is 13.9. The van der Waals surface area contributed by atoms with Gasteiger partial charge in [-0.1, -0.05) is 0 Å². The van der Waals surface area contributed by atoms with Gasteiger partial charge in [0, 0.05) is 24.4 Å². The topological polar surface area (TPSA) is 40.2 Å². The minimum atomic E-state index is 0.309. The molecule has 0 radical (unpaired) electrons. The third kappa shape index (κ3) is 1.78.